The van der Waals surface area contributed by atoms with Gasteiger partial charge < -0.3 is 5.32 Å². The number of benzene rings is 1. The minimum atomic E-state index is 0.782. The maximum atomic E-state index is 3.43. The first kappa shape index (κ1) is 12.4. The first-order chi connectivity index (χ1) is 7.22. The van der Waals surface area contributed by atoms with E-state index in [2.05, 4.69) is 50.4 Å². The number of thioether (sulfide) groups is 1. The molecule has 0 aromatic heterocycles. The van der Waals surface area contributed by atoms with Crippen molar-refractivity contribution in [3.8, 4) is 0 Å². The average molecular weight is 223 g/mol. The average Bonchev–Trinajstić information content (AvgIpc) is 2.26. The number of aryl methyl sites for hydroxylation is 1. The molecular weight excluding hydrogens is 202 g/mol. The number of hydrogen-bond acceptors (Lipinski definition) is 2. The van der Waals surface area contributed by atoms with E-state index in [0.717, 1.165) is 11.8 Å². The zero-order valence-corrected chi connectivity index (χ0v) is 10.7. The summed E-state index contributed by atoms with van der Waals surface area (Å²) in [7, 11) is 0. The Labute approximate surface area is 97.7 Å². The Morgan fingerprint density at radius 1 is 1.27 bits per heavy atom. The molecule has 0 saturated heterocycles. The van der Waals surface area contributed by atoms with E-state index in [1.165, 1.54) is 23.4 Å². The van der Waals surface area contributed by atoms with Crippen molar-refractivity contribution >= 4 is 17.4 Å². The van der Waals surface area contributed by atoms with E-state index >= 15 is 0 Å². The van der Waals surface area contributed by atoms with Crippen LogP contribution < -0.4 is 5.32 Å². The molecule has 0 aliphatic heterocycles. The van der Waals surface area contributed by atoms with Gasteiger partial charge >= 0.3 is 0 Å². The molecule has 1 rings (SSSR count). The highest BCUT2D eigenvalue weighted by Crippen LogP contribution is 2.13. The Bertz CT molecular complexity index is 268. The summed E-state index contributed by atoms with van der Waals surface area (Å²) in [5.41, 5.74) is 2.54. The van der Waals surface area contributed by atoms with Crippen LogP contribution in [-0.2, 0) is 0 Å². The maximum Gasteiger partial charge on any atom is 0.0340 e. The smallest absolute Gasteiger partial charge is 0.0340 e. The fourth-order valence-corrected chi connectivity index (χ4v) is 2.10. The zero-order chi connectivity index (χ0) is 11.1. The van der Waals surface area contributed by atoms with Gasteiger partial charge in [0.1, 0.15) is 0 Å². The highest BCUT2D eigenvalue weighted by molar-refractivity contribution is 7.99. The third-order valence-corrected chi connectivity index (χ3v) is 3.80. The SMILES string of the molecule is CCC(C)SCCNc1ccc(C)cc1. The molecule has 0 aliphatic carbocycles. The van der Waals surface area contributed by atoms with Gasteiger partial charge in [-0.15, -0.1) is 0 Å². The summed E-state index contributed by atoms with van der Waals surface area (Å²) in [6, 6.07) is 8.57. The first-order valence-corrected chi connectivity index (χ1v) is 6.69. The summed E-state index contributed by atoms with van der Waals surface area (Å²) in [5, 5.41) is 4.21. The molecule has 15 heavy (non-hydrogen) atoms. The van der Waals surface area contributed by atoms with Crippen molar-refractivity contribution in [3.63, 3.8) is 0 Å². The zero-order valence-electron chi connectivity index (χ0n) is 9.92. The minimum Gasteiger partial charge on any atom is -0.384 e. The van der Waals surface area contributed by atoms with Gasteiger partial charge in [-0.25, -0.2) is 0 Å². The Morgan fingerprint density at radius 2 is 1.93 bits per heavy atom. The van der Waals surface area contributed by atoms with E-state index in [4.69, 9.17) is 0 Å². The molecular formula is C13H21NS. The second kappa shape index (κ2) is 6.78. The third kappa shape index (κ3) is 5.12. The second-order valence-corrected chi connectivity index (χ2v) is 5.43. The molecule has 84 valence electrons. The van der Waals surface area contributed by atoms with Crippen molar-refractivity contribution in [3.05, 3.63) is 29.8 Å². The molecule has 0 fully saturated rings. The van der Waals surface area contributed by atoms with Gasteiger partial charge in [-0.3, -0.25) is 0 Å². The summed E-state index contributed by atoms with van der Waals surface area (Å²) in [4.78, 5) is 0. The van der Waals surface area contributed by atoms with Crippen LogP contribution in [-0.4, -0.2) is 17.5 Å². The fraction of sp³-hybridized carbons (Fsp3) is 0.538. The largest absolute Gasteiger partial charge is 0.384 e. The molecule has 0 amide bonds. The van der Waals surface area contributed by atoms with Gasteiger partial charge in [0.15, 0.2) is 0 Å². The van der Waals surface area contributed by atoms with Crippen molar-refractivity contribution in [2.75, 3.05) is 17.6 Å². The Balaban J connectivity index is 2.17. The Hall–Kier alpha value is -0.630. The van der Waals surface area contributed by atoms with Crippen molar-refractivity contribution in [2.24, 2.45) is 0 Å². The monoisotopic (exact) mass is 223 g/mol. The first-order valence-electron chi connectivity index (χ1n) is 5.64. The van der Waals surface area contributed by atoms with Crippen LogP contribution in [0.4, 0.5) is 5.69 Å². The van der Waals surface area contributed by atoms with Crippen LogP contribution in [0.5, 0.6) is 0 Å². The lowest BCUT2D eigenvalue weighted by Gasteiger charge is -2.09. The van der Waals surface area contributed by atoms with Crippen LogP contribution in [0.25, 0.3) is 0 Å². The summed E-state index contributed by atoms with van der Waals surface area (Å²) < 4.78 is 0. The van der Waals surface area contributed by atoms with E-state index in [1.54, 1.807) is 0 Å². The summed E-state index contributed by atoms with van der Waals surface area (Å²) in [5.74, 6) is 1.18. The molecule has 0 aliphatic rings. The topological polar surface area (TPSA) is 12.0 Å². The Morgan fingerprint density at radius 3 is 2.53 bits per heavy atom. The van der Waals surface area contributed by atoms with Gasteiger partial charge in [0.2, 0.25) is 0 Å². The van der Waals surface area contributed by atoms with Crippen LogP contribution in [0, 0.1) is 6.92 Å². The van der Waals surface area contributed by atoms with Crippen LogP contribution in [0.3, 0.4) is 0 Å². The number of nitrogens with one attached hydrogen (secondary N) is 1. The maximum absolute atomic E-state index is 3.43. The molecule has 1 atom stereocenters. The third-order valence-electron chi connectivity index (χ3n) is 2.46. The van der Waals surface area contributed by atoms with E-state index in [0.29, 0.717) is 0 Å². The van der Waals surface area contributed by atoms with Crippen LogP contribution >= 0.6 is 11.8 Å². The van der Waals surface area contributed by atoms with Crippen molar-refractivity contribution in [1.82, 2.24) is 0 Å². The highest BCUT2D eigenvalue weighted by Gasteiger charge is 1.97. The molecule has 1 aromatic carbocycles. The Kier molecular flexibility index (Phi) is 5.62. The van der Waals surface area contributed by atoms with Crippen LogP contribution in [0.15, 0.2) is 24.3 Å². The van der Waals surface area contributed by atoms with Crippen molar-refractivity contribution in [1.29, 1.82) is 0 Å². The summed E-state index contributed by atoms with van der Waals surface area (Å²) in [6.07, 6.45) is 1.26. The molecule has 1 aromatic rings. The van der Waals surface area contributed by atoms with Crippen molar-refractivity contribution in [2.45, 2.75) is 32.4 Å². The molecule has 0 bridgehead atoms. The lowest BCUT2D eigenvalue weighted by Crippen LogP contribution is -2.06. The standard InChI is InChI=1S/C13H21NS/c1-4-12(3)15-10-9-14-13-7-5-11(2)6-8-13/h5-8,12,14H,4,9-10H2,1-3H3. The molecule has 2 heteroatoms. The number of anilines is 1. The van der Waals surface area contributed by atoms with Gasteiger partial charge in [0.25, 0.3) is 0 Å². The molecule has 1 unspecified atom stereocenters. The molecule has 0 spiro atoms. The lowest BCUT2D eigenvalue weighted by atomic mass is 10.2. The molecule has 0 saturated carbocycles. The van der Waals surface area contributed by atoms with Crippen LogP contribution in [0.1, 0.15) is 25.8 Å². The minimum absolute atomic E-state index is 0.782. The van der Waals surface area contributed by atoms with E-state index in [-0.39, 0.29) is 0 Å². The molecule has 1 nitrogen and oxygen atoms in total. The van der Waals surface area contributed by atoms with Gasteiger partial charge in [0, 0.05) is 23.2 Å². The van der Waals surface area contributed by atoms with E-state index < -0.39 is 0 Å². The summed E-state index contributed by atoms with van der Waals surface area (Å²) >= 11 is 2.04. The normalized spacial score (nSPS) is 12.5. The van der Waals surface area contributed by atoms with Crippen LogP contribution in [0.2, 0.25) is 0 Å². The van der Waals surface area contributed by atoms with E-state index in [1.807, 2.05) is 11.8 Å². The second-order valence-electron chi connectivity index (χ2n) is 3.88. The highest BCUT2D eigenvalue weighted by atomic mass is 32.2. The number of rotatable bonds is 6. The predicted molar refractivity (Wildman–Crippen MR) is 71.9 cm³/mol. The molecule has 1 N–H and O–H groups in total. The quantitative estimate of drug-likeness (QED) is 0.733. The van der Waals surface area contributed by atoms with Gasteiger partial charge in [-0.05, 0) is 25.5 Å². The van der Waals surface area contributed by atoms with Gasteiger partial charge in [0.05, 0.1) is 0 Å². The number of hydrogen-bond donors (Lipinski definition) is 1. The fourth-order valence-electron chi connectivity index (χ4n) is 1.24. The predicted octanol–water partition coefficient (Wildman–Crippen LogP) is 3.94. The van der Waals surface area contributed by atoms with Crippen molar-refractivity contribution < 1.29 is 0 Å². The molecule has 0 heterocycles. The van der Waals surface area contributed by atoms with E-state index in [9.17, 15) is 0 Å². The molecule has 0 radical (unpaired) electrons. The lowest BCUT2D eigenvalue weighted by molar-refractivity contribution is 0.905. The summed E-state index contributed by atoms with van der Waals surface area (Å²) in [6.45, 7) is 7.70. The van der Waals surface area contributed by atoms with Gasteiger partial charge in [-0.2, -0.15) is 11.8 Å². The van der Waals surface area contributed by atoms with Gasteiger partial charge in [-0.1, -0.05) is 31.5 Å².